The van der Waals surface area contributed by atoms with Crippen molar-refractivity contribution in [2.24, 2.45) is 0 Å². The van der Waals surface area contributed by atoms with Crippen LogP contribution in [0.2, 0.25) is 0 Å². The van der Waals surface area contributed by atoms with Crippen LogP contribution in [0.15, 0.2) is 36.4 Å². The van der Waals surface area contributed by atoms with Gasteiger partial charge < -0.3 is 15.4 Å². The predicted octanol–water partition coefficient (Wildman–Crippen LogP) is 1.94. The van der Waals surface area contributed by atoms with Crippen LogP contribution < -0.4 is 10.6 Å². The highest BCUT2D eigenvalue weighted by atomic mass is 32.2. The summed E-state index contributed by atoms with van der Waals surface area (Å²) in [6.07, 6.45) is 2.03. The first-order valence-electron chi connectivity index (χ1n) is 8.83. The van der Waals surface area contributed by atoms with Gasteiger partial charge in [-0.25, -0.2) is 4.98 Å². The largest absolute Gasteiger partial charge is 0.348 e. The molecule has 9 heteroatoms. The molecule has 1 aliphatic rings. The van der Waals surface area contributed by atoms with Crippen LogP contribution in [0, 0.1) is 0 Å². The highest BCUT2D eigenvalue weighted by Gasteiger charge is 2.28. The number of nitrogens with one attached hydrogen (secondary N) is 2. The molecule has 0 saturated carbocycles. The third kappa shape index (κ3) is 3.70. The van der Waals surface area contributed by atoms with Gasteiger partial charge in [0.15, 0.2) is 5.25 Å². The van der Waals surface area contributed by atoms with Gasteiger partial charge in [-0.05, 0) is 41.0 Å². The number of hydrogen-bond acceptors (Lipinski definition) is 6. The summed E-state index contributed by atoms with van der Waals surface area (Å²) in [5.74, 6) is -0.534. The highest BCUT2D eigenvalue weighted by molar-refractivity contribution is 7.85. The number of carbonyl (C=O) groups is 3. The summed E-state index contributed by atoms with van der Waals surface area (Å²) < 4.78 is 13.0. The monoisotopic (exact) mass is 427 g/mol. The molecule has 2 atom stereocenters. The van der Waals surface area contributed by atoms with E-state index >= 15 is 0 Å². The zero-order valence-corrected chi connectivity index (χ0v) is 17.1. The van der Waals surface area contributed by atoms with Crippen LogP contribution in [0.1, 0.15) is 26.2 Å². The molecular weight excluding hydrogens is 410 g/mol. The summed E-state index contributed by atoms with van der Waals surface area (Å²) in [4.78, 5) is 39.1. The van der Waals surface area contributed by atoms with Crippen LogP contribution in [-0.4, -0.2) is 40.1 Å². The van der Waals surface area contributed by atoms with Gasteiger partial charge >= 0.3 is 0 Å². The average molecular weight is 428 g/mol. The summed E-state index contributed by atoms with van der Waals surface area (Å²) in [5.41, 5.74) is 4.33. The number of rotatable bonds is 6. The number of benzene rings is 2. The molecule has 2 heterocycles. The maximum atomic E-state index is 12.3. The lowest BCUT2D eigenvalue weighted by Crippen LogP contribution is -2.32. The number of nitrogens with zero attached hydrogens (tertiary/aromatic N) is 1. The minimum absolute atomic E-state index is 0.0550. The van der Waals surface area contributed by atoms with Crippen molar-refractivity contribution in [3.63, 3.8) is 0 Å². The molecule has 29 heavy (non-hydrogen) atoms. The number of hydrogen-bond donors (Lipinski definition) is 2. The molecule has 3 aromatic rings. The number of thiazole rings is 1. The van der Waals surface area contributed by atoms with Crippen molar-refractivity contribution in [1.82, 2.24) is 15.6 Å². The molecule has 0 bridgehead atoms. The molecule has 2 aromatic carbocycles. The second-order valence-corrected chi connectivity index (χ2v) is 9.11. The zero-order valence-electron chi connectivity index (χ0n) is 15.4. The van der Waals surface area contributed by atoms with E-state index in [0.29, 0.717) is 28.9 Å². The Balaban J connectivity index is 1.69. The summed E-state index contributed by atoms with van der Waals surface area (Å²) in [7, 11) is -1.48. The number of amides is 2. The summed E-state index contributed by atoms with van der Waals surface area (Å²) >= 11 is 1.31. The lowest BCUT2D eigenvalue weighted by Gasteiger charge is -2.10. The van der Waals surface area contributed by atoms with Gasteiger partial charge in [0.1, 0.15) is 11.3 Å². The summed E-state index contributed by atoms with van der Waals surface area (Å²) in [6.45, 7) is 0.395. The Kier molecular flexibility index (Phi) is 5.25. The van der Waals surface area contributed by atoms with Crippen molar-refractivity contribution in [3.05, 3.63) is 52.5 Å². The Morgan fingerprint density at radius 1 is 1.31 bits per heavy atom. The Morgan fingerprint density at radius 2 is 2.07 bits per heavy atom. The van der Waals surface area contributed by atoms with E-state index in [9.17, 15) is 18.6 Å². The Bertz CT molecular complexity index is 1170. The number of aromatic nitrogens is 1. The quantitative estimate of drug-likeness (QED) is 0.585. The van der Waals surface area contributed by atoms with Crippen LogP contribution in [0.3, 0.4) is 0 Å². The van der Waals surface area contributed by atoms with Crippen molar-refractivity contribution in [2.45, 2.75) is 11.8 Å². The summed E-state index contributed by atoms with van der Waals surface area (Å²) in [5, 5.41) is 4.79. The maximum absolute atomic E-state index is 12.3. The predicted molar refractivity (Wildman–Crippen MR) is 112 cm³/mol. The van der Waals surface area contributed by atoms with Crippen LogP contribution in [0.25, 0.3) is 21.3 Å². The molecule has 0 spiro atoms. The van der Waals surface area contributed by atoms with Crippen LogP contribution in [0.5, 0.6) is 0 Å². The van der Waals surface area contributed by atoms with E-state index in [1.165, 1.54) is 17.6 Å². The van der Waals surface area contributed by atoms with E-state index in [1.807, 2.05) is 36.4 Å². The van der Waals surface area contributed by atoms with E-state index < -0.39 is 22.0 Å². The van der Waals surface area contributed by atoms with Crippen molar-refractivity contribution in [3.8, 4) is 11.1 Å². The molecule has 0 aliphatic carbocycles. The fourth-order valence-corrected chi connectivity index (χ4v) is 5.55. The van der Waals surface area contributed by atoms with Crippen LogP contribution in [-0.2, 0) is 26.9 Å². The van der Waals surface area contributed by atoms with E-state index in [4.69, 9.17) is 0 Å². The van der Waals surface area contributed by atoms with Crippen LogP contribution >= 0.6 is 11.3 Å². The number of carbonyl (C=O) groups excluding carboxylic acids is 3. The molecule has 0 radical (unpaired) electrons. The molecule has 4 rings (SSSR count). The SMILES string of the molecule is CS(=O)C(C(=O)NCC=O)c1nc2ccc(-c3ccc4c(c3)CNC4=O)cc2s1. The number of fused-ring (bicyclic) bond motifs is 2. The van der Waals surface area contributed by atoms with Gasteiger partial charge in [0.2, 0.25) is 5.91 Å². The average Bonchev–Trinajstić information content (AvgIpc) is 3.28. The van der Waals surface area contributed by atoms with Gasteiger partial charge in [-0.3, -0.25) is 13.8 Å². The molecule has 7 nitrogen and oxygen atoms in total. The lowest BCUT2D eigenvalue weighted by atomic mass is 10.0. The first-order chi connectivity index (χ1) is 14.0. The Morgan fingerprint density at radius 3 is 2.83 bits per heavy atom. The van der Waals surface area contributed by atoms with Crippen molar-refractivity contribution >= 4 is 50.5 Å². The van der Waals surface area contributed by atoms with E-state index in [1.54, 1.807) is 0 Å². The third-order valence-corrected chi connectivity index (χ3v) is 7.01. The normalized spacial score (nSPS) is 14.9. The highest BCUT2D eigenvalue weighted by Crippen LogP contribution is 2.33. The molecule has 0 fully saturated rings. The molecule has 2 unspecified atom stereocenters. The second kappa shape index (κ2) is 7.84. The van der Waals surface area contributed by atoms with Gasteiger partial charge in [-0.15, -0.1) is 11.3 Å². The van der Waals surface area contributed by atoms with E-state index in [0.717, 1.165) is 21.4 Å². The molecule has 1 aliphatic heterocycles. The second-order valence-electron chi connectivity index (χ2n) is 6.58. The zero-order chi connectivity index (χ0) is 20.5. The van der Waals surface area contributed by atoms with E-state index in [-0.39, 0.29) is 12.5 Å². The van der Waals surface area contributed by atoms with E-state index in [2.05, 4.69) is 15.6 Å². The fourth-order valence-electron chi connectivity index (χ4n) is 3.29. The fraction of sp³-hybridized carbons (Fsp3) is 0.200. The number of aldehydes is 1. The van der Waals surface area contributed by atoms with Gasteiger partial charge in [0, 0.05) is 29.2 Å². The molecular formula is C20H17N3O4S2. The smallest absolute Gasteiger partial charge is 0.251 e. The van der Waals surface area contributed by atoms with Crippen molar-refractivity contribution in [2.75, 3.05) is 12.8 Å². The molecule has 0 saturated heterocycles. The Labute approximate surface area is 173 Å². The van der Waals surface area contributed by atoms with Crippen molar-refractivity contribution in [1.29, 1.82) is 0 Å². The lowest BCUT2D eigenvalue weighted by molar-refractivity contribution is -0.122. The van der Waals surface area contributed by atoms with Crippen LogP contribution in [0.4, 0.5) is 0 Å². The first-order valence-corrected chi connectivity index (χ1v) is 11.3. The maximum Gasteiger partial charge on any atom is 0.251 e. The molecule has 1 aromatic heterocycles. The van der Waals surface area contributed by atoms with Gasteiger partial charge in [-0.2, -0.15) is 0 Å². The van der Waals surface area contributed by atoms with Gasteiger partial charge in [0.25, 0.3) is 5.91 Å². The molecule has 2 N–H and O–H groups in total. The minimum Gasteiger partial charge on any atom is -0.348 e. The van der Waals surface area contributed by atoms with Crippen molar-refractivity contribution < 1.29 is 18.6 Å². The standard InChI is InChI=1S/C20H17N3O4S2/c1-29(27)17(19(26)21-6-7-24)20-23-15-5-3-12(9-16(15)28-20)11-2-4-14-13(8-11)10-22-18(14)25/h2-5,7-9,17H,6,10H2,1H3,(H,21,26)(H,22,25). The topological polar surface area (TPSA) is 105 Å². The molecule has 2 amide bonds. The third-order valence-electron chi connectivity index (χ3n) is 4.68. The first kappa shape index (κ1) is 19.4. The van der Waals surface area contributed by atoms with Gasteiger partial charge in [0.05, 0.1) is 16.8 Å². The Hall–Kier alpha value is -2.91. The minimum atomic E-state index is -1.48. The molecule has 148 valence electrons. The summed E-state index contributed by atoms with van der Waals surface area (Å²) in [6, 6.07) is 11.5. The van der Waals surface area contributed by atoms with Gasteiger partial charge in [-0.1, -0.05) is 12.1 Å².